The summed E-state index contributed by atoms with van der Waals surface area (Å²) in [4.78, 5) is 0. The average molecular weight is 302 g/mol. The average Bonchev–Trinajstić information content (AvgIpc) is 2.24. The first-order chi connectivity index (χ1) is 7.94. The van der Waals surface area contributed by atoms with Crippen molar-refractivity contribution in [2.45, 2.75) is 32.9 Å². The van der Waals surface area contributed by atoms with Crippen LogP contribution in [0.4, 0.5) is 0 Å². The van der Waals surface area contributed by atoms with Crippen LogP contribution in [0, 0.1) is 0 Å². The molecule has 0 fully saturated rings. The second-order valence-electron chi connectivity index (χ2n) is 4.74. The van der Waals surface area contributed by atoms with Gasteiger partial charge in [0.2, 0.25) is 0 Å². The van der Waals surface area contributed by atoms with Crippen molar-refractivity contribution in [3.63, 3.8) is 0 Å². The maximum Gasteiger partial charge on any atom is 0.138 e. The van der Waals surface area contributed by atoms with Crippen LogP contribution in [0.1, 0.15) is 26.3 Å². The van der Waals surface area contributed by atoms with E-state index in [4.69, 9.17) is 15.2 Å². The standard InChI is InChI=1S/C13H20BrNO2/c1-13(2,3)17-8-7-16-12-10(9-15)5-4-6-11(12)14/h4-6H,7-9,15H2,1-3H3. The molecule has 0 bridgehead atoms. The Bertz CT molecular complexity index is 361. The van der Waals surface area contributed by atoms with Crippen LogP contribution in [-0.2, 0) is 11.3 Å². The number of halogens is 1. The number of benzene rings is 1. The molecule has 3 nitrogen and oxygen atoms in total. The Morgan fingerprint density at radius 3 is 2.53 bits per heavy atom. The van der Waals surface area contributed by atoms with E-state index in [2.05, 4.69) is 15.9 Å². The lowest BCUT2D eigenvalue weighted by Gasteiger charge is -2.20. The summed E-state index contributed by atoms with van der Waals surface area (Å²) >= 11 is 3.46. The van der Waals surface area contributed by atoms with Crippen molar-refractivity contribution >= 4 is 15.9 Å². The van der Waals surface area contributed by atoms with Gasteiger partial charge in [-0.3, -0.25) is 0 Å². The number of hydrogen-bond acceptors (Lipinski definition) is 3. The van der Waals surface area contributed by atoms with E-state index in [1.807, 2.05) is 39.0 Å². The summed E-state index contributed by atoms with van der Waals surface area (Å²) in [7, 11) is 0. The lowest BCUT2D eigenvalue weighted by molar-refractivity contribution is -0.0164. The summed E-state index contributed by atoms with van der Waals surface area (Å²) in [6.45, 7) is 7.63. The van der Waals surface area contributed by atoms with Crippen molar-refractivity contribution in [1.29, 1.82) is 0 Å². The Balaban J connectivity index is 2.52. The summed E-state index contributed by atoms with van der Waals surface area (Å²) in [5, 5.41) is 0. The fourth-order valence-corrected chi connectivity index (χ4v) is 1.89. The molecule has 2 N–H and O–H groups in total. The van der Waals surface area contributed by atoms with E-state index in [-0.39, 0.29) is 5.60 Å². The lowest BCUT2D eigenvalue weighted by Crippen LogP contribution is -2.22. The Morgan fingerprint density at radius 2 is 1.94 bits per heavy atom. The molecule has 0 radical (unpaired) electrons. The highest BCUT2D eigenvalue weighted by atomic mass is 79.9. The number of ether oxygens (including phenoxy) is 2. The molecule has 0 amide bonds. The molecule has 0 spiro atoms. The predicted molar refractivity (Wildman–Crippen MR) is 73.2 cm³/mol. The fourth-order valence-electron chi connectivity index (χ4n) is 1.37. The van der Waals surface area contributed by atoms with Crippen molar-refractivity contribution in [1.82, 2.24) is 0 Å². The van der Waals surface area contributed by atoms with Crippen LogP contribution in [-0.4, -0.2) is 18.8 Å². The van der Waals surface area contributed by atoms with Gasteiger partial charge in [-0.25, -0.2) is 0 Å². The van der Waals surface area contributed by atoms with Crippen LogP contribution in [0.15, 0.2) is 22.7 Å². The van der Waals surface area contributed by atoms with Crippen molar-refractivity contribution in [3.05, 3.63) is 28.2 Å². The lowest BCUT2D eigenvalue weighted by atomic mass is 10.2. The van der Waals surface area contributed by atoms with Gasteiger partial charge in [-0.15, -0.1) is 0 Å². The molecule has 1 aromatic rings. The summed E-state index contributed by atoms with van der Waals surface area (Å²) in [6, 6.07) is 5.86. The number of para-hydroxylation sites is 1. The highest BCUT2D eigenvalue weighted by Gasteiger charge is 2.10. The maximum absolute atomic E-state index is 5.70. The largest absolute Gasteiger partial charge is 0.490 e. The Morgan fingerprint density at radius 1 is 1.24 bits per heavy atom. The van der Waals surface area contributed by atoms with E-state index < -0.39 is 0 Å². The van der Waals surface area contributed by atoms with Crippen molar-refractivity contribution in [2.75, 3.05) is 13.2 Å². The predicted octanol–water partition coefficient (Wildman–Crippen LogP) is 3.10. The SMILES string of the molecule is CC(C)(C)OCCOc1c(Br)cccc1CN. The summed E-state index contributed by atoms with van der Waals surface area (Å²) in [5.41, 5.74) is 6.53. The van der Waals surface area contributed by atoms with E-state index in [1.54, 1.807) is 0 Å². The van der Waals surface area contributed by atoms with Crippen molar-refractivity contribution < 1.29 is 9.47 Å². The van der Waals surface area contributed by atoms with Gasteiger partial charge in [-0.05, 0) is 42.8 Å². The van der Waals surface area contributed by atoms with E-state index >= 15 is 0 Å². The topological polar surface area (TPSA) is 44.5 Å². The summed E-state index contributed by atoms with van der Waals surface area (Å²) in [6.07, 6.45) is 0. The zero-order valence-electron chi connectivity index (χ0n) is 10.6. The zero-order chi connectivity index (χ0) is 12.9. The van der Waals surface area contributed by atoms with Gasteiger partial charge >= 0.3 is 0 Å². The van der Waals surface area contributed by atoms with Gasteiger partial charge in [0.25, 0.3) is 0 Å². The van der Waals surface area contributed by atoms with E-state index in [0.717, 1.165) is 15.8 Å². The van der Waals surface area contributed by atoms with Crippen LogP contribution in [0.2, 0.25) is 0 Å². The van der Waals surface area contributed by atoms with Gasteiger partial charge in [0.15, 0.2) is 0 Å². The highest BCUT2D eigenvalue weighted by molar-refractivity contribution is 9.10. The number of rotatable bonds is 5. The number of nitrogens with two attached hydrogens (primary N) is 1. The third-order valence-electron chi connectivity index (χ3n) is 2.13. The molecular weight excluding hydrogens is 282 g/mol. The highest BCUT2D eigenvalue weighted by Crippen LogP contribution is 2.28. The Hall–Kier alpha value is -0.580. The first kappa shape index (κ1) is 14.5. The second kappa shape index (κ2) is 6.38. The van der Waals surface area contributed by atoms with Crippen molar-refractivity contribution in [2.24, 2.45) is 5.73 Å². The smallest absolute Gasteiger partial charge is 0.138 e. The van der Waals surface area contributed by atoms with Crippen LogP contribution in [0.5, 0.6) is 5.75 Å². The van der Waals surface area contributed by atoms with Gasteiger partial charge in [0, 0.05) is 12.1 Å². The van der Waals surface area contributed by atoms with Crippen LogP contribution < -0.4 is 10.5 Å². The van der Waals surface area contributed by atoms with E-state index in [9.17, 15) is 0 Å². The van der Waals surface area contributed by atoms with Crippen molar-refractivity contribution in [3.8, 4) is 5.75 Å². The Kier molecular flexibility index (Phi) is 5.43. The molecule has 0 aromatic heterocycles. The third kappa shape index (κ3) is 5.06. The molecule has 0 aliphatic heterocycles. The van der Waals surface area contributed by atoms with Crippen LogP contribution in [0.3, 0.4) is 0 Å². The molecule has 1 aromatic carbocycles. The Labute approximate surface area is 111 Å². The first-order valence-corrected chi connectivity index (χ1v) is 6.47. The molecule has 0 saturated carbocycles. The first-order valence-electron chi connectivity index (χ1n) is 5.68. The minimum Gasteiger partial charge on any atom is -0.490 e. The van der Waals surface area contributed by atoms with Gasteiger partial charge in [-0.2, -0.15) is 0 Å². The third-order valence-corrected chi connectivity index (χ3v) is 2.76. The molecule has 17 heavy (non-hydrogen) atoms. The molecule has 0 aliphatic rings. The molecule has 96 valence electrons. The quantitative estimate of drug-likeness (QED) is 0.850. The monoisotopic (exact) mass is 301 g/mol. The van der Waals surface area contributed by atoms with Gasteiger partial charge in [0.05, 0.1) is 16.7 Å². The van der Waals surface area contributed by atoms with Gasteiger partial charge < -0.3 is 15.2 Å². The molecular formula is C13H20BrNO2. The zero-order valence-corrected chi connectivity index (χ0v) is 12.2. The molecule has 4 heteroatoms. The number of hydrogen-bond donors (Lipinski definition) is 1. The van der Waals surface area contributed by atoms with Gasteiger partial charge in [0.1, 0.15) is 12.4 Å². The molecule has 0 atom stereocenters. The molecule has 0 aliphatic carbocycles. The summed E-state index contributed by atoms with van der Waals surface area (Å²) < 4.78 is 12.2. The fraction of sp³-hybridized carbons (Fsp3) is 0.538. The normalized spacial score (nSPS) is 11.6. The molecule has 0 unspecified atom stereocenters. The molecule has 0 heterocycles. The van der Waals surface area contributed by atoms with E-state index in [0.29, 0.717) is 19.8 Å². The maximum atomic E-state index is 5.70. The van der Waals surface area contributed by atoms with E-state index in [1.165, 1.54) is 0 Å². The van der Waals surface area contributed by atoms with Crippen LogP contribution in [0.25, 0.3) is 0 Å². The molecule has 0 saturated heterocycles. The van der Waals surface area contributed by atoms with Crippen LogP contribution >= 0.6 is 15.9 Å². The summed E-state index contributed by atoms with van der Waals surface area (Å²) in [5.74, 6) is 0.813. The second-order valence-corrected chi connectivity index (χ2v) is 5.60. The minimum atomic E-state index is -0.131. The minimum absolute atomic E-state index is 0.131. The van der Waals surface area contributed by atoms with Gasteiger partial charge in [-0.1, -0.05) is 12.1 Å². The molecule has 1 rings (SSSR count).